The first-order chi connectivity index (χ1) is 11.2. The number of fused-ring (bicyclic) bond motifs is 1. The molecule has 0 saturated heterocycles. The van der Waals surface area contributed by atoms with Crippen LogP contribution in [0, 0.1) is 0 Å². The van der Waals surface area contributed by atoms with E-state index < -0.39 is 0 Å². The molecule has 0 fully saturated rings. The van der Waals surface area contributed by atoms with Gasteiger partial charge in [-0.15, -0.1) is 5.11 Å². The Hall–Kier alpha value is -2.72. The Bertz CT molecular complexity index is 851. The maximum atomic E-state index is 9.54. The number of aryl methyl sites for hydroxylation is 1. The molecular formula is C19H19N3O. The fourth-order valence-corrected chi connectivity index (χ4v) is 2.56. The summed E-state index contributed by atoms with van der Waals surface area (Å²) in [6.45, 7) is 2.06. The van der Waals surface area contributed by atoms with Crippen LogP contribution in [-0.2, 0) is 6.42 Å². The molecule has 3 aromatic rings. The molecule has 0 amide bonds. The molecule has 0 aliphatic carbocycles. The van der Waals surface area contributed by atoms with Gasteiger partial charge in [0, 0.05) is 12.4 Å². The molecule has 0 unspecified atom stereocenters. The normalized spacial score (nSPS) is 11.3. The van der Waals surface area contributed by atoms with Crippen LogP contribution in [0.5, 0.6) is 0 Å². The van der Waals surface area contributed by atoms with Crippen LogP contribution >= 0.6 is 0 Å². The second kappa shape index (κ2) is 6.58. The van der Waals surface area contributed by atoms with Crippen LogP contribution in [0.25, 0.3) is 10.8 Å². The molecule has 0 bridgehead atoms. The third-order valence-corrected chi connectivity index (χ3v) is 3.85. The van der Waals surface area contributed by atoms with Crippen LogP contribution < -0.4 is 5.06 Å². The van der Waals surface area contributed by atoms with Crippen molar-refractivity contribution >= 4 is 27.8 Å². The summed E-state index contributed by atoms with van der Waals surface area (Å²) in [5.41, 5.74) is 3.47. The van der Waals surface area contributed by atoms with Gasteiger partial charge in [0.05, 0.1) is 17.1 Å². The predicted octanol–water partition coefficient (Wildman–Crippen LogP) is 5.64. The van der Waals surface area contributed by atoms with Crippen molar-refractivity contribution in [2.75, 3.05) is 12.1 Å². The maximum Gasteiger partial charge on any atom is 0.0935 e. The van der Waals surface area contributed by atoms with Gasteiger partial charge in [-0.1, -0.05) is 43.3 Å². The highest BCUT2D eigenvalue weighted by Crippen LogP contribution is 2.30. The molecule has 0 heterocycles. The zero-order chi connectivity index (χ0) is 16.2. The largest absolute Gasteiger partial charge is 0.289 e. The summed E-state index contributed by atoms with van der Waals surface area (Å²) in [6, 6.07) is 19.8. The second-order valence-corrected chi connectivity index (χ2v) is 5.39. The Kier molecular flexibility index (Phi) is 4.35. The van der Waals surface area contributed by atoms with E-state index in [1.54, 1.807) is 7.05 Å². The highest BCUT2D eigenvalue weighted by atomic mass is 16.5. The minimum atomic E-state index is 0.742. The van der Waals surface area contributed by atoms with E-state index in [9.17, 15) is 5.21 Å². The molecule has 4 heteroatoms. The van der Waals surface area contributed by atoms with Gasteiger partial charge in [0.2, 0.25) is 0 Å². The van der Waals surface area contributed by atoms with E-state index in [0.29, 0.717) is 0 Å². The Morgan fingerprint density at radius 1 is 0.913 bits per heavy atom. The van der Waals surface area contributed by atoms with Gasteiger partial charge < -0.3 is 0 Å². The molecule has 0 atom stereocenters. The maximum absolute atomic E-state index is 9.54. The van der Waals surface area contributed by atoms with Crippen molar-refractivity contribution in [3.05, 3.63) is 66.2 Å². The summed E-state index contributed by atoms with van der Waals surface area (Å²) in [5, 5.41) is 21.7. The summed E-state index contributed by atoms with van der Waals surface area (Å²) in [6.07, 6.45) is 0.825. The third kappa shape index (κ3) is 3.22. The summed E-state index contributed by atoms with van der Waals surface area (Å²) in [5.74, 6) is 0. The van der Waals surface area contributed by atoms with Crippen LogP contribution in [0.1, 0.15) is 12.5 Å². The molecule has 1 N–H and O–H groups in total. The molecule has 0 saturated carbocycles. The molecule has 0 spiro atoms. The zero-order valence-corrected chi connectivity index (χ0v) is 13.3. The summed E-state index contributed by atoms with van der Waals surface area (Å²) in [4.78, 5) is 0. The summed E-state index contributed by atoms with van der Waals surface area (Å²) >= 11 is 0. The van der Waals surface area contributed by atoms with Crippen LogP contribution in [0.2, 0.25) is 0 Å². The van der Waals surface area contributed by atoms with Crippen molar-refractivity contribution in [3.63, 3.8) is 0 Å². The summed E-state index contributed by atoms with van der Waals surface area (Å²) in [7, 11) is 1.60. The molecule has 3 rings (SSSR count). The molecule has 3 aromatic carbocycles. The Morgan fingerprint density at radius 3 is 2.43 bits per heavy atom. The Morgan fingerprint density at radius 2 is 1.65 bits per heavy atom. The standard InChI is InChI=1S/C19H19N3O/c1-3-14-13-16(22(2)23)11-12-18(14)20-21-19-10-6-8-15-7-4-5-9-17(15)19/h4-13,23H,3H2,1-2H3. The predicted molar refractivity (Wildman–Crippen MR) is 94.1 cm³/mol. The van der Waals surface area contributed by atoms with Crippen LogP contribution in [0.15, 0.2) is 70.9 Å². The number of rotatable bonds is 4. The molecule has 4 nitrogen and oxygen atoms in total. The molecule has 116 valence electrons. The first-order valence-corrected chi connectivity index (χ1v) is 7.64. The van der Waals surface area contributed by atoms with E-state index in [4.69, 9.17) is 0 Å². The van der Waals surface area contributed by atoms with Gasteiger partial charge in [0.1, 0.15) is 0 Å². The number of nitrogens with zero attached hydrogens (tertiary/aromatic N) is 3. The lowest BCUT2D eigenvalue weighted by atomic mass is 10.1. The van der Waals surface area contributed by atoms with Gasteiger partial charge >= 0.3 is 0 Å². The van der Waals surface area contributed by atoms with Crippen molar-refractivity contribution < 1.29 is 5.21 Å². The van der Waals surface area contributed by atoms with Crippen molar-refractivity contribution in [3.8, 4) is 0 Å². The van der Waals surface area contributed by atoms with Crippen molar-refractivity contribution in [1.29, 1.82) is 0 Å². The second-order valence-electron chi connectivity index (χ2n) is 5.39. The van der Waals surface area contributed by atoms with Gasteiger partial charge in [0.15, 0.2) is 0 Å². The third-order valence-electron chi connectivity index (χ3n) is 3.85. The smallest absolute Gasteiger partial charge is 0.0935 e. The average Bonchev–Trinajstić information content (AvgIpc) is 2.59. The van der Waals surface area contributed by atoms with Crippen LogP contribution in [0.3, 0.4) is 0 Å². The first kappa shape index (κ1) is 15.2. The Balaban J connectivity index is 1.99. The van der Waals surface area contributed by atoms with E-state index in [1.807, 2.05) is 48.5 Å². The molecule has 0 aliphatic heterocycles. The number of hydrogen-bond donors (Lipinski definition) is 1. The number of azo groups is 1. The van der Waals surface area contributed by atoms with E-state index >= 15 is 0 Å². The van der Waals surface area contributed by atoms with E-state index in [2.05, 4.69) is 29.3 Å². The Labute approximate surface area is 135 Å². The first-order valence-electron chi connectivity index (χ1n) is 7.64. The SMILES string of the molecule is CCc1cc(N(C)O)ccc1N=Nc1cccc2ccccc12. The van der Waals surface area contributed by atoms with E-state index in [1.165, 1.54) is 0 Å². The van der Waals surface area contributed by atoms with Crippen molar-refractivity contribution in [2.45, 2.75) is 13.3 Å². The lowest BCUT2D eigenvalue weighted by Crippen LogP contribution is -2.09. The fourth-order valence-electron chi connectivity index (χ4n) is 2.56. The zero-order valence-electron chi connectivity index (χ0n) is 13.3. The minimum absolute atomic E-state index is 0.742. The minimum Gasteiger partial charge on any atom is -0.289 e. The van der Waals surface area contributed by atoms with Crippen molar-refractivity contribution in [1.82, 2.24) is 0 Å². The number of anilines is 1. The topological polar surface area (TPSA) is 48.2 Å². The molecule has 0 radical (unpaired) electrons. The number of benzene rings is 3. The number of hydrogen-bond acceptors (Lipinski definition) is 4. The fraction of sp³-hybridized carbons (Fsp3) is 0.158. The molecule has 0 aromatic heterocycles. The van der Waals surface area contributed by atoms with Gasteiger partial charge in [0.25, 0.3) is 0 Å². The quantitative estimate of drug-likeness (QED) is 0.500. The lowest BCUT2D eigenvalue weighted by molar-refractivity contribution is 0.279. The van der Waals surface area contributed by atoms with Gasteiger partial charge in [-0.3, -0.25) is 10.3 Å². The van der Waals surface area contributed by atoms with E-state index in [0.717, 1.165) is 44.9 Å². The van der Waals surface area contributed by atoms with E-state index in [-0.39, 0.29) is 0 Å². The van der Waals surface area contributed by atoms with Gasteiger partial charge in [-0.25, -0.2) is 0 Å². The van der Waals surface area contributed by atoms with Gasteiger partial charge in [-0.2, -0.15) is 5.11 Å². The van der Waals surface area contributed by atoms with Crippen molar-refractivity contribution in [2.24, 2.45) is 10.2 Å². The summed E-state index contributed by atoms with van der Waals surface area (Å²) < 4.78 is 0. The lowest BCUT2D eigenvalue weighted by Gasteiger charge is -2.12. The van der Waals surface area contributed by atoms with Crippen LogP contribution in [0.4, 0.5) is 17.1 Å². The highest BCUT2D eigenvalue weighted by Gasteiger charge is 2.05. The highest BCUT2D eigenvalue weighted by molar-refractivity contribution is 5.92. The van der Waals surface area contributed by atoms with Crippen LogP contribution in [-0.4, -0.2) is 12.3 Å². The average molecular weight is 305 g/mol. The number of hydroxylamine groups is 1. The molecular weight excluding hydrogens is 286 g/mol. The monoisotopic (exact) mass is 305 g/mol. The molecule has 23 heavy (non-hydrogen) atoms. The molecule has 0 aliphatic rings. The van der Waals surface area contributed by atoms with Gasteiger partial charge in [-0.05, 0) is 41.6 Å².